The number of hydrogen-bond acceptors (Lipinski definition) is 3. The van der Waals surface area contributed by atoms with Gasteiger partial charge in [-0.25, -0.2) is 0 Å². The fourth-order valence-electron chi connectivity index (χ4n) is 1.79. The van der Waals surface area contributed by atoms with Gasteiger partial charge in [0.25, 0.3) is 0 Å². The molecule has 1 aliphatic heterocycles. The molecule has 4 heteroatoms. The van der Waals surface area contributed by atoms with Crippen molar-refractivity contribution in [1.29, 1.82) is 0 Å². The molecular formula is C9H19N3O. The maximum absolute atomic E-state index is 11.0. The van der Waals surface area contributed by atoms with E-state index < -0.39 is 0 Å². The molecule has 13 heavy (non-hydrogen) atoms. The van der Waals surface area contributed by atoms with Crippen molar-refractivity contribution in [2.75, 3.05) is 19.6 Å². The van der Waals surface area contributed by atoms with Crippen LogP contribution in [0.2, 0.25) is 0 Å². The molecule has 0 aromatic rings. The van der Waals surface area contributed by atoms with Crippen LogP contribution in [-0.2, 0) is 4.79 Å². The molecule has 0 radical (unpaired) electrons. The summed E-state index contributed by atoms with van der Waals surface area (Å²) in [7, 11) is 0. The first-order valence-corrected chi connectivity index (χ1v) is 4.88. The minimum atomic E-state index is -0.172. The minimum Gasteiger partial charge on any atom is -0.369 e. The van der Waals surface area contributed by atoms with Crippen molar-refractivity contribution >= 4 is 5.91 Å². The van der Waals surface area contributed by atoms with Gasteiger partial charge in [0.05, 0.1) is 5.92 Å². The summed E-state index contributed by atoms with van der Waals surface area (Å²) >= 11 is 0. The van der Waals surface area contributed by atoms with Crippen LogP contribution < -0.4 is 11.5 Å². The van der Waals surface area contributed by atoms with E-state index in [0.29, 0.717) is 12.6 Å². The molecule has 1 amide bonds. The Bertz CT molecular complexity index is 184. The number of likely N-dealkylation sites (tertiary alicyclic amines) is 1. The molecule has 2 atom stereocenters. The van der Waals surface area contributed by atoms with Crippen LogP contribution in [0.3, 0.4) is 0 Å². The summed E-state index contributed by atoms with van der Waals surface area (Å²) in [5.41, 5.74) is 10.8. The molecule has 2 unspecified atom stereocenters. The van der Waals surface area contributed by atoms with Gasteiger partial charge in [0.15, 0.2) is 0 Å². The first kappa shape index (κ1) is 10.5. The highest BCUT2D eigenvalue weighted by atomic mass is 16.1. The quantitative estimate of drug-likeness (QED) is 0.624. The van der Waals surface area contributed by atoms with Crippen LogP contribution in [0, 0.1) is 5.92 Å². The molecule has 0 aliphatic carbocycles. The predicted octanol–water partition coefficient (Wildman–Crippen LogP) is -0.469. The molecule has 4 nitrogen and oxygen atoms in total. The molecule has 0 aromatic carbocycles. The van der Waals surface area contributed by atoms with Crippen molar-refractivity contribution in [3.05, 3.63) is 0 Å². The van der Waals surface area contributed by atoms with Crippen molar-refractivity contribution in [2.24, 2.45) is 17.4 Å². The summed E-state index contributed by atoms with van der Waals surface area (Å²) in [6.07, 6.45) is 1.99. The second-order valence-corrected chi connectivity index (χ2v) is 3.82. The van der Waals surface area contributed by atoms with E-state index in [2.05, 4.69) is 11.8 Å². The molecule has 0 spiro atoms. The molecule has 1 aliphatic rings. The highest BCUT2D eigenvalue weighted by molar-refractivity contribution is 5.76. The van der Waals surface area contributed by atoms with Crippen LogP contribution in [0.4, 0.5) is 0 Å². The summed E-state index contributed by atoms with van der Waals surface area (Å²) in [5, 5.41) is 0. The molecule has 0 aromatic heterocycles. The van der Waals surface area contributed by atoms with E-state index in [-0.39, 0.29) is 11.8 Å². The number of rotatable bonds is 3. The Morgan fingerprint density at radius 1 is 1.69 bits per heavy atom. The number of nitrogens with zero attached hydrogens (tertiary/aromatic N) is 1. The molecule has 0 bridgehead atoms. The maximum Gasteiger partial charge on any atom is 0.221 e. The summed E-state index contributed by atoms with van der Waals surface area (Å²) in [4.78, 5) is 13.2. The van der Waals surface area contributed by atoms with Crippen LogP contribution in [0.1, 0.15) is 19.8 Å². The Balaban J connectivity index is 2.46. The lowest BCUT2D eigenvalue weighted by Crippen LogP contribution is -2.47. The Hall–Kier alpha value is -0.610. The first-order chi connectivity index (χ1) is 6.15. The zero-order valence-corrected chi connectivity index (χ0v) is 8.20. The molecule has 4 N–H and O–H groups in total. The van der Waals surface area contributed by atoms with Gasteiger partial charge in [0.1, 0.15) is 0 Å². The normalized spacial score (nSPS) is 27.1. The average Bonchev–Trinajstić information content (AvgIpc) is 2.17. The molecule has 1 fully saturated rings. The van der Waals surface area contributed by atoms with Gasteiger partial charge >= 0.3 is 0 Å². The zero-order chi connectivity index (χ0) is 9.84. The van der Waals surface area contributed by atoms with Gasteiger partial charge in [0.2, 0.25) is 5.91 Å². The van der Waals surface area contributed by atoms with Gasteiger partial charge in [-0.15, -0.1) is 0 Å². The van der Waals surface area contributed by atoms with Crippen LogP contribution in [0.25, 0.3) is 0 Å². The third-order valence-corrected chi connectivity index (χ3v) is 2.82. The number of nitrogens with two attached hydrogens (primary N) is 2. The number of amides is 1. The van der Waals surface area contributed by atoms with E-state index in [1.807, 2.05) is 0 Å². The number of carbonyl (C=O) groups excluding carboxylic acids is 1. The second kappa shape index (κ2) is 4.58. The fourth-order valence-corrected chi connectivity index (χ4v) is 1.79. The van der Waals surface area contributed by atoms with E-state index in [9.17, 15) is 4.79 Å². The van der Waals surface area contributed by atoms with Crippen LogP contribution in [0.15, 0.2) is 0 Å². The van der Waals surface area contributed by atoms with E-state index >= 15 is 0 Å². The Labute approximate surface area is 79.3 Å². The molecule has 1 saturated heterocycles. The first-order valence-electron chi connectivity index (χ1n) is 4.88. The standard InChI is InChI=1S/C9H19N3O/c1-7(5-10)12-4-2-3-8(6-12)9(11)13/h7-8H,2-6,10H2,1H3,(H2,11,13). The van der Waals surface area contributed by atoms with Gasteiger partial charge in [-0.1, -0.05) is 0 Å². The number of hydrogen-bond donors (Lipinski definition) is 2. The van der Waals surface area contributed by atoms with E-state index in [0.717, 1.165) is 25.9 Å². The van der Waals surface area contributed by atoms with Crippen molar-refractivity contribution < 1.29 is 4.79 Å². The third-order valence-electron chi connectivity index (χ3n) is 2.82. The third kappa shape index (κ3) is 2.67. The summed E-state index contributed by atoms with van der Waals surface area (Å²) in [6, 6.07) is 0.363. The SMILES string of the molecule is CC(CN)N1CCCC(C(N)=O)C1. The van der Waals surface area contributed by atoms with Crippen LogP contribution in [0.5, 0.6) is 0 Å². The highest BCUT2D eigenvalue weighted by Gasteiger charge is 2.25. The second-order valence-electron chi connectivity index (χ2n) is 3.82. The lowest BCUT2D eigenvalue weighted by molar-refractivity contribution is -0.123. The minimum absolute atomic E-state index is 0.0303. The largest absolute Gasteiger partial charge is 0.369 e. The summed E-state index contributed by atoms with van der Waals surface area (Å²) in [6.45, 7) is 4.56. The van der Waals surface area contributed by atoms with Gasteiger partial charge in [-0.2, -0.15) is 0 Å². The number of piperidine rings is 1. The predicted molar refractivity (Wildman–Crippen MR) is 52.0 cm³/mol. The van der Waals surface area contributed by atoms with Crippen molar-refractivity contribution in [1.82, 2.24) is 4.90 Å². The monoisotopic (exact) mass is 185 g/mol. The number of primary amides is 1. The lowest BCUT2D eigenvalue weighted by Gasteiger charge is -2.35. The van der Waals surface area contributed by atoms with E-state index in [1.165, 1.54) is 0 Å². The van der Waals surface area contributed by atoms with Crippen LogP contribution >= 0.6 is 0 Å². The highest BCUT2D eigenvalue weighted by Crippen LogP contribution is 2.17. The Kier molecular flexibility index (Phi) is 3.69. The Morgan fingerprint density at radius 3 is 2.92 bits per heavy atom. The average molecular weight is 185 g/mol. The summed E-state index contributed by atoms with van der Waals surface area (Å²) < 4.78 is 0. The van der Waals surface area contributed by atoms with E-state index in [4.69, 9.17) is 11.5 Å². The number of carbonyl (C=O) groups is 1. The van der Waals surface area contributed by atoms with Gasteiger partial charge in [-0.05, 0) is 26.3 Å². The molecule has 1 rings (SSSR count). The van der Waals surface area contributed by atoms with Crippen LogP contribution in [-0.4, -0.2) is 36.5 Å². The van der Waals surface area contributed by atoms with Crippen molar-refractivity contribution in [2.45, 2.75) is 25.8 Å². The van der Waals surface area contributed by atoms with Crippen molar-refractivity contribution in [3.8, 4) is 0 Å². The Morgan fingerprint density at radius 2 is 2.38 bits per heavy atom. The fraction of sp³-hybridized carbons (Fsp3) is 0.889. The maximum atomic E-state index is 11.0. The zero-order valence-electron chi connectivity index (χ0n) is 8.20. The molecule has 76 valence electrons. The molecule has 1 heterocycles. The molecule has 0 saturated carbocycles. The summed E-state index contributed by atoms with van der Waals surface area (Å²) in [5.74, 6) is -0.142. The van der Waals surface area contributed by atoms with Gasteiger partial charge in [-0.3, -0.25) is 9.69 Å². The topological polar surface area (TPSA) is 72.3 Å². The molecular weight excluding hydrogens is 166 g/mol. The van der Waals surface area contributed by atoms with Gasteiger partial charge in [0, 0.05) is 19.1 Å². The van der Waals surface area contributed by atoms with Crippen molar-refractivity contribution in [3.63, 3.8) is 0 Å². The van der Waals surface area contributed by atoms with Gasteiger partial charge < -0.3 is 11.5 Å². The lowest BCUT2D eigenvalue weighted by atomic mass is 9.96. The van der Waals surface area contributed by atoms with E-state index in [1.54, 1.807) is 0 Å². The smallest absolute Gasteiger partial charge is 0.221 e.